The van der Waals surface area contributed by atoms with Gasteiger partial charge in [-0.15, -0.1) is 0 Å². The summed E-state index contributed by atoms with van der Waals surface area (Å²) in [5.74, 6) is 0.715. The van der Waals surface area contributed by atoms with Crippen LogP contribution in [0, 0.1) is 12.8 Å². The molecule has 0 aliphatic carbocycles. The Labute approximate surface area is 147 Å². The SMILES string of the molecule is Cc1ncc(S(C)(=O)=O)c(N2CCCC(C(=O)c3cccnc3)C2)n1. The van der Waals surface area contributed by atoms with Crippen LogP contribution in [0.15, 0.2) is 35.6 Å². The fourth-order valence-corrected chi connectivity index (χ4v) is 3.81. The van der Waals surface area contributed by atoms with Crippen LogP contribution in [0.2, 0.25) is 0 Å². The summed E-state index contributed by atoms with van der Waals surface area (Å²) in [5.41, 5.74) is 0.580. The number of aromatic nitrogens is 3. The number of anilines is 1. The normalized spacial score (nSPS) is 18.2. The van der Waals surface area contributed by atoms with E-state index in [1.165, 1.54) is 6.20 Å². The van der Waals surface area contributed by atoms with Gasteiger partial charge in [0.25, 0.3) is 0 Å². The molecule has 2 aromatic rings. The average molecular weight is 360 g/mol. The molecule has 3 heterocycles. The van der Waals surface area contributed by atoms with Crippen molar-refractivity contribution in [3.63, 3.8) is 0 Å². The van der Waals surface area contributed by atoms with Gasteiger partial charge in [-0.2, -0.15) is 0 Å². The summed E-state index contributed by atoms with van der Waals surface area (Å²) in [6.45, 7) is 2.82. The highest BCUT2D eigenvalue weighted by Gasteiger charge is 2.30. The molecule has 1 aliphatic rings. The lowest BCUT2D eigenvalue weighted by Crippen LogP contribution is -2.40. The van der Waals surface area contributed by atoms with Crippen LogP contribution >= 0.6 is 0 Å². The molecule has 3 rings (SSSR count). The van der Waals surface area contributed by atoms with E-state index in [0.717, 1.165) is 19.1 Å². The molecule has 0 aromatic carbocycles. The molecule has 0 amide bonds. The Balaban J connectivity index is 1.90. The molecule has 1 aliphatic heterocycles. The molecule has 7 nitrogen and oxygen atoms in total. The molecule has 1 atom stereocenters. The van der Waals surface area contributed by atoms with Crippen molar-refractivity contribution in [3.05, 3.63) is 42.1 Å². The van der Waals surface area contributed by atoms with Gasteiger partial charge in [-0.3, -0.25) is 9.78 Å². The van der Waals surface area contributed by atoms with E-state index in [-0.39, 0.29) is 16.6 Å². The summed E-state index contributed by atoms with van der Waals surface area (Å²) >= 11 is 0. The van der Waals surface area contributed by atoms with Crippen molar-refractivity contribution in [2.45, 2.75) is 24.7 Å². The summed E-state index contributed by atoms with van der Waals surface area (Å²) in [6, 6.07) is 3.49. The van der Waals surface area contributed by atoms with Gasteiger partial charge in [0, 0.05) is 43.2 Å². The van der Waals surface area contributed by atoms with Crippen molar-refractivity contribution in [2.75, 3.05) is 24.2 Å². The number of hydrogen-bond donors (Lipinski definition) is 0. The van der Waals surface area contributed by atoms with Gasteiger partial charge >= 0.3 is 0 Å². The van der Waals surface area contributed by atoms with Crippen LogP contribution in [-0.2, 0) is 9.84 Å². The number of Topliss-reactive ketones (excluding diaryl/α,β-unsaturated/α-hetero) is 1. The maximum Gasteiger partial charge on any atom is 0.180 e. The number of carbonyl (C=O) groups excluding carboxylic acids is 1. The first kappa shape index (κ1) is 17.5. The summed E-state index contributed by atoms with van der Waals surface area (Å²) in [6.07, 6.45) is 7.25. The quantitative estimate of drug-likeness (QED) is 0.766. The third kappa shape index (κ3) is 3.84. The molecule has 132 valence electrons. The Bertz CT molecular complexity index is 884. The monoisotopic (exact) mass is 360 g/mol. The highest BCUT2D eigenvalue weighted by Crippen LogP contribution is 2.28. The first-order valence-electron chi connectivity index (χ1n) is 8.09. The number of sulfone groups is 1. The van der Waals surface area contributed by atoms with Crippen LogP contribution in [-0.4, -0.2) is 48.5 Å². The molecule has 1 fully saturated rings. The highest BCUT2D eigenvalue weighted by molar-refractivity contribution is 7.90. The zero-order valence-corrected chi connectivity index (χ0v) is 15.0. The van der Waals surface area contributed by atoms with Crippen molar-refractivity contribution < 1.29 is 13.2 Å². The van der Waals surface area contributed by atoms with Crippen molar-refractivity contribution in [2.24, 2.45) is 5.92 Å². The highest BCUT2D eigenvalue weighted by atomic mass is 32.2. The van der Waals surface area contributed by atoms with Crippen LogP contribution in [0.5, 0.6) is 0 Å². The van der Waals surface area contributed by atoms with Gasteiger partial charge in [0.05, 0.1) is 6.20 Å². The minimum absolute atomic E-state index is 0.0319. The van der Waals surface area contributed by atoms with Gasteiger partial charge in [0.1, 0.15) is 10.7 Å². The molecule has 0 radical (unpaired) electrons. The molecule has 25 heavy (non-hydrogen) atoms. The molecule has 8 heteroatoms. The fraction of sp³-hybridized carbons (Fsp3) is 0.412. The second kappa shape index (κ2) is 6.87. The first-order valence-corrected chi connectivity index (χ1v) is 9.98. The fourth-order valence-electron chi connectivity index (χ4n) is 3.06. The minimum atomic E-state index is -3.45. The first-order chi connectivity index (χ1) is 11.9. The Kier molecular flexibility index (Phi) is 4.80. The van der Waals surface area contributed by atoms with Gasteiger partial charge in [0.15, 0.2) is 21.4 Å². The number of ketones is 1. The Morgan fingerprint density at radius 1 is 1.32 bits per heavy atom. The second-order valence-corrected chi connectivity index (χ2v) is 8.25. The topological polar surface area (TPSA) is 93.1 Å². The number of nitrogens with zero attached hydrogens (tertiary/aromatic N) is 4. The lowest BCUT2D eigenvalue weighted by Gasteiger charge is -2.33. The maximum atomic E-state index is 12.7. The van der Waals surface area contributed by atoms with Crippen molar-refractivity contribution in [1.82, 2.24) is 15.0 Å². The minimum Gasteiger partial charge on any atom is -0.355 e. The van der Waals surface area contributed by atoms with Crippen molar-refractivity contribution in [1.29, 1.82) is 0 Å². The molecular formula is C17H20N4O3S. The smallest absolute Gasteiger partial charge is 0.180 e. The summed E-state index contributed by atoms with van der Waals surface area (Å²) in [4.78, 5) is 27.0. The Morgan fingerprint density at radius 2 is 2.12 bits per heavy atom. The lowest BCUT2D eigenvalue weighted by molar-refractivity contribution is 0.0906. The zero-order chi connectivity index (χ0) is 18.0. The van der Waals surface area contributed by atoms with Crippen LogP contribution in [0.1, 0.15) is 29.0 Å². The van der Waals surface area contributed by atoms with Crippen LogP contribution in [0.4, 0.5) is 5.82 Å². The standard InChI is InChI=1S/C17H20N4O3S/c1-12-19-10-15(25(2,23)24)17(20-12)21-8-4-6-14(11-21)16(22)13-5-3-7-18-9-13/h3,5,7,9-10,14H,4,6,8,11H2,1-2H3. The van der Waals surface area contributed by atoms with E-state index in [4.69, 9.17) is 0 Å². The summed E-state index contributed by atoms with van der Waals surface area (Å²) < 4.78 is 24.1. The summed E-state index contributed by atoms with van der Waals surface area (Å²) in [5, 5.41) is 0. The average Bonchev–Trinajstić information content (AvgIpc) is 2.61. The van der Waals surface area contributed by atoms with E-state index in [1.807, 2.05) is 4.90 Å². The zero-order valence-electron chi connectivity index (χ0n) is 14.2. The predicted octanol–water partition coefficient (Wildman–Crippen LogP) is 1.68. The second-order valence-electron chi connectivity index (χ2n) is 6.27. The van der Waals surface area contributed by atoms with Crippen molar-refractivity contribution >= 4 is 21.4 Å². The molecular weight excluding hydrogens is 340 g/mol. The van der Waals surface area contributed by atoms with Gasteiger partial charge in [-0.05, 0) is 31.9 Å². The molecule has 1 unspecified atom stereocenters. The Morgan fingerprint density at radius 3 is 2.80 bits per heavy atom. The third-order valence-electron chi connectivity index (χ3n) is 4.29. The number of piperidine rings is 1. The Hall–Kier alpha value is -2.35. The molecule has 0 bridgehead atoms. The van der Waals surface area contributed by atoms with Crippen molar-refractivity contribution in [3.8, 4) is 0 Å². The number of pyridine rings is 1. The molecule has 0 saturated carbocycles. The number of hydrogen-bond acceptors (Lipinski definition) is 7. The van der Waals surface area contributed by atoms with Gasteiger partial charge in [0.2, 0.25) is 0 Å². The van der Waals surface area contributed by atoms with E-state index in [1.54, 1.807) is 31.5 Å². The van der Waals surface area contributed by atoms with Gasteiger partial charge in [-0.1, -0.05) is 0 Å². The largest absolute Gasteiger partial charge is 0.355 e. The predicted molar refractivity (Wildman–Crippen MR) is 93.4 cm³/mol. The van der Waals surface area contributed by atoms with Crippen LogP contribution in [0.25, 0.3) is 0 Å². The maximum absolute atomic E-state index is 12.7. The van der Waals surface area contributed by atoms with E-state index in [2.05, 4.69) is 15.0 Å². The van der Waals surface area contributed by atoms with E-state index < -0.39 is 9.84 Å². The molecule has 0 spiro atoms. The van der Waals surface area contributed by atoms with E-state index in [9.17, 15) is 13.2 Å². The van der Waals surface area contributed by atoms with E-state index >= 15 is 0 Å². The number of rotatable bonds is 4. The summed E-state index contributed by atoms with van der Waals surface area (Å²) in [7, 11) is -3.45. The molecule has 2 aromatic heterocycles. The van der Waals surface area contributed by atoms with Gasteiger partial charge < -0.3 is 4.90 Å². The van der Waals surface area contributed by atoms with Crippen LogP contribution < -0.4 is 4.90 Å². The van der Waals surface area contributed by atoms with Gasteiger partial charge in [-0.25, -0.2) is 18.4 Å². The lowest BCUT2D eigenvalue weighted by atomic mass is 9.90. The molecule has 0 N–H and O–H groups in total. The molecule has 1 saturated heterocycles. The third-order valence-corrected chi connectivity index (χ3v) is 5.38. The van der Waals surface area contributed by atoms with Crippen LogP contribution in [0.3, 0.4) is 0 Å². The number of carbonyl (C=O) groups is 1. The number of aryl methyl sites for hydroxylation is 1. The van der Waals surface area contributed by atoms with E-state index in [0.29, 0.717) is 30.3 Å².